The fourth-order valence-corrected chi connectivity index (χ4v) is 4.48. The van der Waals surface area contributed by atoms with E-state index < -0.39 is 34.3 Å². The minimum atomic E-state index is -3.94. The molecule has 0 aliphatic carbocycles. The van der Waals surface area contributed by atoms with Crippen molar-refractivity contribution in [1.82, 2.24) is 10.2 Å². The predicted octanol–water partition coefficient (Wildman–Crippen LogP) is 4.23. The van der Waals surface area contributed by atoms with E-state index in [0.29, 0.717) is 17.0 Å². The van der Waals surface area contributed by atoms with Crippen LogP contribution in [0, 0.1) is 5.82 Å². The maximum atomic E-state index is 13.6. The number of nitrogens with zero attached hydrogens (tertiary/aromatic N) is 2. The average molecular weight is 532 g/mol. The predicted molar refractivity (Wildman–Crippen MR) is 133 cm³/mol. The van der Waals surface area contributed by atoms with Crippen LogP contribution >= 0.6 is 23.2 Å². The van der Waals surface area contributed by atoms with Crippen LogP contribution in [0.5, 0.6) is 0 Å². The minimum absolute atomic E-state index is 0.0355. The zero-order chi connectivity index (χ0) is 25.6. The van der Waals surface area contributed by atoms with Gasteiger partial charge in [0.25, 0.3) is 0 Å². The Morgan fingerprint density at radius 2 is 1.71 bits per heavy atom. The zero-order valence-electron chi connectivity index (χ0n) is 19.4. The first-order valence-corrected chi connectivity index (χ1v) is 13.2. The highest BCUT2D eigenvalue weighted by Crippen LogP contribution is 2.25. The van der Waals surface area contributed by atoms with Gasteiger partial charge in [0, 0.05) is 17.6 Å². The standard InChI is InChI=1S/C23H28Cl2FN3O4S/c1-5-21(23(31)27-15(2)3)28(13-16-6-8-17(24)9-7-16)22(30)14-29(34(4,32)33)18-10-11-20(26)19(25)12-18/h6-12,15,21H,5,13-14H2,1-4H3,(H,27,31)/t21-/m0/s1. The van der Waals surface area contributed by atoms with E-state index in [1.54, 1.807) is 45.0 Å². The van der Waals surface area contributed by atoms with Crippen molar-refractivity contribution in [2.75, 3.05) is 17.1 Å². The van der Waals surface area contributed by atoms with Gasteiger partial charge < -0.3 is 10.2 Å². The van der Waals surface area contributed by atoms with Crippen molar-refractivity contribution in [2.24, 2.45) is 0 Å². The molecular weight excluding hydrogens is 504 g/mol. The highest BCUT2D eigenvalue weighted by molar-refractivity contribution is 7.92. The molecule has 1 atom stereocenters. The number of benzene rings is 2. The van der Waals surface area contributed by atoms with Gasteiger partial charge >= 0.3 is 0 Å². The van der Waals surface area contributed by atoms with E-state index in [0.717, 1.165) is 22.7 Å². The molecule has 0 aliphatic heterocycles. The number of anilines is 1. The molecule has 1 N–H and O–H groups in total. The molecule has 11 heteroatoms. The summed E-state index contributed by atoms with van der Waals surface area (Å²) in [4.78, 5) is 27.7. The van der Waals surface area contributed by atoms with Crippen molar-refractivity contribution in [3.05, 3.63) is 63.9 Å². The highest BCUT2D eigenvalue weighted by Gasteiger charge is 2.32. The summed E-state index contributed by atoms with van der Waals surface area (Å²) in [5.41, 5.74) is 0.748. The fraction of sp³-hybridized carbons (Fsp3) is 0.391. The van der Waals surface area contributed by atoms with E-state index >= 15 is 0 Å². The number of carbonyl (C=O) groups excluding carboxylic acids is 2. The first kappa shape index (κ1) is 27.9. The monoisotopic (exact) mass is 531 g/mol. The molecule has 0 spiro atoms. The smallest absolute Gasteiger partial charge is 0.244 e. The summed E-state index contributed by atoms with van der Waals surface area (Å²) in [7, 11) is -3.94. The van der Waals surface area contributed by atoms with Crippen molar-refractivity contribution < 1.29 is 22.4 Å². The molecule has 7 nitrogen and oxygen atoms in total. The van der Waals surface area contributed by atoms with Gasteiger partial charge in [0.15, 0.2) is 0 Å². The van der Waals surface area contributed by atoms with Gasteiger partial charge in [-0.05, 0) is 56.2 Å². The van der Waals surface area contributed by atoms with E-state index in [1.807, 2.05) is 0 Å². The topological polar surface area (TPSA) is 86.8 Å². The van der Waals surface area contributed by atoms with Crippen LogP contribution < -0.4 is 9.62 Å². The molecule has 0 saturated carbocycles. The lowest BCUT2D eigenvalue weighted by Crippen LogP contribution is -2.53. The van der Waals surface area contributed by atoms with Crippen LogP contribution in [0.4, 0.5) is 10.1 Å². The molecule has 0 unspecified atom stereocenters. The van der Waals surface area contributed by atoms with Gasteiger partial charge in [-0.25, -0.2) is 12.8 Å². The van der Waals surface area contributed by atoms with E-state index in [2.05, 4.69) is 5.32 Å². The molecular formula is C23H28Cl2FN3O4S. The number of rotatable bonds is 10. The molecule has 34 heavy (non-hydrogen) atoms. The summed E-state index contributed by atoms with van der Waals surface area (Å²) in [5, 5.41) is 3.05. The first-order chi connectivity index (χ1) is 15.8. The van der Waals surface area contributed by atoms with Crippen LogP contribution in [0.3, 0.4) is 0 Å². The Bertz CT molecular complexity index is 1130. The summed E-state index contributed by atoms with van der Waals surface area (Å²) in [6.07, 6.45) is 1.24. The Morgan fingerprint density at radius 3 is 2.21 bits per heavy atom. The Kier molecular flexibility index (Phi) is 9.73. The maximum Gasteiger partial charge on any atom is 0.244 e. The average Bonchev–Trinajstić information content (AvgIpc) is 2.74. The van der Waals surface area contributed by atoms with Crippen molar-refractivity contribution >= 4 is 50.7 Å². The number of hydrogen-bond acceptors (Lipinski definition) is 4. The normalized spacial score (nSPS) is 12.4. The lowest BCUT2D eigenvalue weighted by Gasteiger charge is -2.33. The van der Waals surface area contributed by atoms with Crippen LogP contribution in [0.15, 0.2) is 42.5 Å². The fourth-order valence-electron chi connectivity index (χ4n) is 3.34. The van der Waals surface area contributed by atoms with Crippen LogP contribution in [-0.4, -0.2) is 50.0 Å². The number of nitrogens with one attached hydrogen (secondary N) is 1. The maximum absolute atomic E-state index is 13.6. The van der Waals surface area contributed by atoms with Gasteiger partial charge in [-0.3, -0.25) is 13.9 Å². The van der Waals surface area contributed by atoms with E-state index in [4.69, 9.17) is 23.2 Å². The number of carbonyl (C=O) groups is 2. The van der Waals surface area contributed by atoms with E-state index in [9.17, 15) is 22.4 Å². The summed E-state index contributed by atoms with van der Waals surface area (Å²) in [6, 6.07) is 9.17. The molecule has 2 rings (SSSR count). The third-order valence-electron chi connectivity index (χ3n) is 4.95. The Balaban J connectivity index is 2.45. The molecule has 0 bridgehead atoms. The molecule has 0 fully saturated rings. The van der Waals surface area contributed by atoms with Crippen molar-refractivity contribution in [2.45, 2.75) is 45.8 Å². The number of hydrogen-bond donors (Lipinski definition) is 1. The SMILES string of the molecule is CC[C@@H](C(=O)NC(C)C)N(Cc1ccc(Cl)cc1)C(=O)CN(c1ccc(F)c(Cl)c1)S(C)(=O)=O. The zero-order valence-corrected chi connectivity index (χ0v) is 21.7. The lowest BCUT2D eigenvalue weighted by molar-refractivity contribution is -0.140. The quantitative estimate of drug-likeness (QED) is 0.496. The van der Waals surface area contributed by atoms with Gasteiger partial charge in [0.1, 0.15) is 18.4 Å². The third-order valence-corrected chi connectivity index (χ3v) is 6.64. The van der Waals surface area contributed by atoms with Gasteiger partial charge in [-0.2, -0.15) is 0 Å². The second kappa shape index (κ2) is 11.9. The lowest BCUT2D eigenvalue weighted by atomic mass is 10.1. The molecule has 0 saturated heterocycles. The Hall–Kier alpha value is -2.36. The number of halogens is 3. The second-order valence-corrected chi connectivity index (χ2v) is 10.9. The summed E-state index contributed by atoms with van der Waals surface area (Å²) in [5.74, 6) is -1.67. The van der Waals surface area contributed by atoms with Gasteiger partial charge in [-0.1, -0.05) is 42.3 Å². The molecule has 186 valence electrons. The van der Waals surface area contributed by atoms with Gasteiger partial charge in [0.2, 0.25) is 21.8 Å². The number of amides is 2. The van der Waals surface area contributed by atoms with Crippen LogP contribution in [0.2, 0.25) is 10.0 Å². The van der Waals surface area contributed by atoms with Crippen molar-refractivity contribution in [3.8, 4) is 0 Å². The summed E-state index contributed by atoms with van der Waals surface area (Å²) < 4.78 is 39.5. The molecule has 0 aliphatic rings. The minimum Gasteiger partial charge on any atom is -0.352 e. The van der Waals surface area contributed by atoms with Gasteiger partial charge in [0.05, 0.1) is 17.0 Å². The molecule has 0 aromatic heterocycles. The summed E-state index contributed by atoms with van der Waals surface area (Å²) in [6.45, 7) is 4.84. The second-order valence-electron chi connectivity index (χ2n) is 8.10. The Labute approximate surface area is 209 Å². The molecule has 0 heterocycles. The Morgan fingerprint density at radius 1 is 1.09 bits per heavy atom. The molecule has 2 aromatic carbocycles. The third kappa shape index (κ3) is 7.58. The molecule has 2 aromatic rings. The summed E-state index contributed by atoms with van der Waals surface area (Å²) >= 11 is 11.8. The molecule has 2 amide bonds. The van der Waals surface area contributed by atoms with Crippen LogP contribution in [0.25, 0.3) is 0 Å². The van der Waals surface area contributed by atoms with Crippen molar-refractivity contribution in [1.29, 1.82) is 0 Å². The first-order valence-electron chi connectivity index (χ1n) is 10.6. The van der Waals surface area contributed by atoms with Crippen LogP contribution in [0.1, 0.15) is 32.8 Å². The largest absolute Gasteiger partial charge is 0.352 e. The van der Waals surface area contributed by atoms with E-state index in [1.165, 1.54) is 11.0 Å². The molecule has 0 radical (unpaired) electrons. The highest BCUT2D eigenvalue weighted by atomic mass is 35.5. The van der Waals surface area contributed by atoms with Crippen molar-refractivity contribution in [3.63, 3.8) is 0 Å². The van der Waals surface area contributed by atoms with Gasteiger partial charge in [-0.15, -0.1) is 0 Å². The number of sulfonamides is 1. The van der Waals surface area contributed by atoms with Crippen LogP contribution in [-0.2, 0) is 26.2 Å². The van der Waals surface area contributed by atoms with E-state index in [-0.39, 0.29) is 29.2 Å².